The smallest absolute Gasteiger partial charge is 0.306 e. The topological polar surface area (TPSA) is 66.4 Å². The van der Waals surface area contributed by atoms with Crippen LogP contribution in [-0.2, 0) is 11.2 Å². The predicted octanol–water partition coefficient (Wildman–Crippen LogP) is 3.26. The average Bonchev–Trinajstić information content (AvgIpc) is 2.49. The van der Waals surface area contributed by atoms with Crippen LogP contribution in [0.2, 0.25) is 0 Å². The van der Waals surface area contributed by atoms with Gasteiger partial charge in [0.1, 0.15) is 0 Å². The standard InChI is InChI=1S/C17H25NO3/c1-3-4-7-14-8-10-15(11-9-14)16(19)18-12-5-6-13(2)17(20)21/h8-11,13H,3-7,12H2,1-2H3,(H,18,19)(H,20,21). The van der Waals surface area contributed by atoms with E-state index in [-0.39, 0.29) is 11.8 Å². The molecule has 0 aromatic heterocycles. The highest BCUT2D eigenvalue weighted by molar-refractivity contribution is 5.94. The molecule has 0 spiro atoms. The van der Waals surface area contributed by atoms with Gasteiger partial charge in [-0.15, -0.1) is 0 Å². The second kappa shape index (κ2) is 9.16. The van der Waals surface area contributed by atoms with Crippen molar-refractivity contribution >= 4 is 11.9 Å². The third-order valence-electron chi connectivity index (χ3n) is 3.56. The Hall–Kier alpha value is -1.84. The first-order valence-electron chi connectivity index (χ1n) is 7.64. The van der Waals surface area contributed by atoms with E-state index in [1.165, 1.54) is 5.56 Å². The minimum Gasteiger partial charge on any atom is -0.481 e. The third kappa shape index (κ3) is 6.43. The summed E-state index contributed by atoms with van der Waals surface area (Å²) in [5.41, 5.74) is 1.91. The summed E-state index contributed by atoms with van der Waals surface area (Å²) in [6, 6.07) is 7.69. The Balaban J connectivity index is 2.33. The molecule has 0 heterocycles. The molecular formula is C17H25NO3. The molecule has 4 heteroatoms. The Kier molecular flexibility index (Phi) is 7.51. The van der Waals surface area contributed by atoms with Gasteiger partial charge in [0.25, 0.3) is 5.91 Å². The maximum atomic E-state index is 11.9. The van der Waals surface area contributed by atoms with Gasteiger partial charge in [0.2, 0.25) is 0 Å². The lowest BCUT2D eigenvalue weighted by atomic mass is 10.1. The van der Waals surface area contributed by atoms with Crippen molar-refractivity contribution in [3.8, 4) is 0 Å². The summed E-state index contributed by atoms with van der Waals surface area (Å²) in [6.07, 6.45) is 4.62. The zero-order valence-electron chi connectivity index (χ0n) is 12.9. The molecule has 0 bridgehead atoms. The predicted molar refractivity (Wildman–Crippen MR) is 83.4 cm³/mol. The highest BCUT2D eigenvalue weighted by atomic mass is 16.4. The number of hydrogen-bond donors (Lipinski definition) is 2. The maximum Gasteiger partial charge on any atom is 0.306 e. The van der Waals surface area contributed by atoms with Gasteiger partial charge in [0.15, 0.2) is 0 Å². The van der Waals surface area contributed by atoms with Crippen molar-refractivity contribution < 1.29 is 14.7 Å². The molecule has 0 saturated heterocycles. The summed E-state index contributed by atoms with van der Waals surface area (Å²) >= 11 is 0. The molecule has 0 saturated carbocycles. The van der Waals surface area contributed by atoms with Crippen LogP contribution in [0.15, 0.2) is 24.3 Å². The van der Waals surface area contributed by atoms with Gasteiger partial charge in [-0.1, -0.05) is 32.4 Å². The second-order valence-electron chi connectivity index (χ2n) is 5.44. The van der Waals surface area contributed by atoms with Crippen molar-refractivity contribution in [3.63, 3.8) is 0 Å². The monoisotopic (exact) mass is 291 g/mol. The van der Waals surface area contributed by atoms with Gasteiger partial charge >= 0.3 is 5.97 Å². The van der Waals surface area contributed by atoms with Crippen molar-refractivity contribution in [3.05, 3.63) is 35.4 Å². The van der Waals surface area contributed by atoms with E-state index in [1.807, 2.05) is 24.3 Å². The van der Waals surface area contributed by atoms with Crippen LogP contribution in [0, 0.1) is 5.92 Å². The lowest BCUT2D eigenvalue weighted by Gasteiger charge is -2.08. The van der Waals surface area contributed by atoms with Gasteiger partial charge in [-0.3, -0.25) is 9.59 Å². The highest BCUT2D eigenvalue weighted by Crippen LogP contribution is 2.08. The first-order chi connectivity index (χ1) is 10.0. The SMILES string of the molecule is CCCCc1ccc(C(=O)NCCCC(C)C(=O)O)cc1. The lowest BCUT2D eigenvalue weighted by Crippen LogP contribution is -2.25. The van der Waals surface area contributed by atoms with Gasteiger partial charge in [-0.25, -0.2) is 0 Å². The van der Waals surface area contributed by atoms with Crippen molar-refractivity contribution in [2.45, 2.75) is 46.0 Å². The minimum atomic E-state index is -0.788. The lowest BCUT2D eigenvalue weighted by molar-refractivity contribution is -0.141. The van der Waals surface area contributed by atoms with Crippen LogP contribution in [-0.4, -0.2) is 23.5 Å². The van der Waals surface area contributed by atoms with E-state index in [2.05, 4.69) is 12.2 Å². The summed E-state index contributed by atoms with van der Waals surface area (Å²) in [7, 11) is 0. The number of carboxylic acids is 1. The number of carbonyl (C=O) groups excluding carboxylic acids is 1. The number of amides is 1. The minimum absolute atomic E-state index is 0.0972. The van der Waals surface area contributed by atoms with Crippen molar-refractivity contribution in [2.75, 3.05) is 6.54 Å². The van der Waals surface area contributed by atoms with Gasteiger partial charge in [0.05, 0.1) is 5.92 Å². The molecule has 116 valence electrons. The van der Waals surface area contributed by atoms with E-state index in [4.69, 9.17) is 5.11 Å². The van der Waals surface area contributed by atoms with Crippen molar-refractivity contribution in [2.24, 2.45) is 5.92 Å². The Morgan fingerprint density at radius 3 is 2.43 bits per heavy atom. The zero-order chi connectivity index (χ0) is 15.7. The Labute approximate surface area is 126 Å². The van der Waals surface area contributed by atoms with Gasteiger partial charge in [-0.05, 0) is 43.4 Å². The number of rotatable bonds is 9. The van der Waals surface area contributed by atoms with Crippen LogP contribution in [0.1, 0.15) is 55.5 Å². The number of carboxylic acid groups (broad SMARTS) is 1. The largest absolute Gasteiger partial charge is 0.481 e. The van der Waals surface area contributed by atoms with E-state index >= 15 is 0 Å². The molecular weight excluding hydrogens is 266 g/mol. The Morgan fingerprint density at radius 1 is 1.19 bits per heavy atom. The fourth-order valence-corrected chi connectivity index (χ4v) is 2.04. The molecule has 1 atom stereocenters. The number of unbranched alkanes of at least 4 members (excludes halogenated alkanes) is 1. The van der Waals surface area contributed by atoms with Crippen LogP contribution in [0.3, 0.4) is 0 Å². The van der Waals surface area contributed by atoms with Gasteiger partial charge < -0.3 is 10.4 Å². The number of aryl methyl sites for hydroxylation is 1. The van der Waals surface area contributed by atoms with Gasteiger partial charge in [-0.2, -0.15) is 0 Å². The molecule has 4 nitrogen and oxygen atoms in total. The molecule has 1 aromatic rings. The van der Waals surface area contributed by atoms with E-state index in [0.717, 1.165) is 19.3 Å². The zero-order valence-corrected chi connectivity index (χ0v) is 12.9. The summed E-state index contributed by atoms with van der Waals surface area (Å²) in [4.78, 5) is 22.6. The summed E-state index contributed by atoms with van der Waals surface area (Å²) < 4.78 is 0. The molecule has 1 unspecified atom stereocenters. The maximum absolute atomic E-state index is 11.9. The first-order valence-corrected chi connectivity index (χ1v) is 7.64. The van der Waals surface area contributed by atoms with Crippen LogP contribution >= 0.6 is 0 Å². The number of benzene rings is 1. The van der Waals surface area contributed by atoms with Crippen molar-refractivity contribution in [1.82, 2.24) is 5.32 Å². The molecule has 0 aliphatic rings. The summed E-state index contributed by atoms with van der Waals surface area (Å²) in [6.45, 7) is 4.35. The first kappa shape index (κ1) is 17.2. The average molecular weight is 291 g/mol. The van der Waals surface area contributed by atoms with Crippen molar-refractivity contribution in [1.29, 1.82) is 0 Å². The quantitative estimate of drug-likeness (QED) is 0.686. The van der Waals surface area contributed by atoms with E-state index in [0.29, 0.717) is 24.9 Å². The molecule has 2 N–H and O–H groups in total. The third-order valence-corrected chi connectivity index (χ3v) is 3.56. The van der Waals surface area contributed by atoms with Crippen LogP contribution in [0.25, 0.3) is 0 Å². The van der Waals surface area contributed by atoms with E-state index < -0.39 is 5.97 Å². The number of carbonyl (C=O) groups is 2. The molecule has 0 aliphatic heterocycles. The molecule has 21 heavy (non-hydrogen) atoms. The number of hydrogen-bond acceptors (Lipinski definition) is 2. The fourth-order valence-electron chi connectivity index (χ4n) is 2.04. The Morgan fingerprint density at radius 2 is 1.86 bits per heavy atom. The molecule has 1 rings (SSSR count). The summed E-state index contributed by atoms with van der Waals surface area (Å²) in [5.74, 6) is -1.25. The van der Waals surface area contributed by atoms with Crippen LogP contribution in [0.5, 0.6) is 0 Å². The molecule has 0 aliphatic carbocycles. The van der Waals surface area contributed by atoms with Gasteiger partial charge in [0, 0.05) is 12.1 Å². The normalized spacial score (nSPS) is 11.9. The number of aliphatic carboxylic acids is 1. The molecule has 0 radical (unpaired) electrons. The fraction of sp³-hybridized carbons (Fsp3) is 0.529. The highest BCUT2D eigenvalue weighted by Gasteiger charge is 2.10. The molecule has 1 aromatic carbocycles. The van der Waals surface area contributed by atoms with E-state index in [9.17, 15) is 9.59 Å². The second-order valence-corrected chi connectivity index (χ2v) is 5.44. The van der Waals surface area contributed by atoms with E-state index in [1.54, 1.807) is 6.92 Å². The van der Waals surface area contributed by atoms with Crippen LogP contribution < -0.4 is 5.32 Å². The Bertz CT molecular complexity index is 454. The number of nitrogens with one attached hydrogen (secondary N) is 1. The summed E-state index contributed by atoms with van der Waals surface area (Å²) in [5, 5.41) is 11.6. The molecule has 0 fully saturated rings. The van der Waals surface area contributed by atoms with Crippen LogP contribution in [0.4, 0.5) is 0 Å². The molecule has 1 amide bonds.